The number of aromatic nitrogens is 2. The lowest BCUT2D eigenvalue weighted by molar-refractivity contribution is 0.320. The highest BCUT2D eigenvalue weighted by molar-refractivity contribution is 8.14. The van der Waals surface area contributed by atoms with Crippen molar-refractivity contribution in [1.29, 1.82) is 0 Å². The molecule has 0 spiro atoms. The van der Waals surface area contributed by atoms with E-state index in [1.807, 2.05) is 24.0 Å². The van der Waals surface area contributed by atoms with Gasteiger partial charge < -0.3 is 9.47 Å². The number of thioether (sulfide) groups is 1. The fourth-order valence-electron chi connectivity index (χ4n) is 4.87. The molecular weight excluding hydrogens is 388 g/mol. The molecule has 154 valence electrons. The Morgan fingerprint density at radius 1 is 1.03 bits per heavy atom. The van der Waals surface area contributed by atoms with Crippen LogP contribution in [0.15, 0.2) is 53.7 Å². The highest BCUT2D eigenvalue weighted by Gasteiger charge is 2.44. The summed E-state index contributed by atoms with van der Waals surface area (Å²) >= 11 is 1.89. The van der Waals surface area contributed by atoms with Crippen LogP contribution in [-0.4, -0.2) is 31.4 Å². The van der Waals surface area contributed by atoms with E-state index in [0.29, 0.717) is 5.25 Å². The van der Waals surface area contributed by atoms with E-state index >= 15 is 0 Å². The van der Waals surface area contributed by atoms with Crippen LogP contribution in [0, 0.1) is 27.7 Å². The molecule has 0 N–H and O–H groups in total. The third-order valence-corrected chi connectivity index (χ3v) is 7.38. The van der Waals surface area contributed by atoms with Crippen LogP contribution >= 0.6 is 11.8 Å². The number of aliphatic imine (C=N–C) groups is 1. The zero-order valence-electron chi connectivity index (χ0n) is 18.3. The van der Waals surface area contributed by atoms with Crippen LogP contribution < -0.4 is 0 Å². The van der Waals surface area contributed by atoms with Crippen LogP contribution in [0.5, 0.6) is 0 Å². The third-order valence-electron chi connectivity index (χ3n) is 6.28. The van der Waals surface area contributed by atoms with Crippen LogP contribution in [0.2, 0.25) is 0 Å². The van der Waals surface area contributed by atoms with Gasteiger partial charge in [-0.05, 0) is 68.7 Å². The molecule has 1 saturated heterocycles. The molecule has 2 aromatic heterocycles. The SMILES string of the molecule is Cc1ccc(C)c(-n2c(C)cc(C3C(c4ccccn4)N=C4SC(C)CN43)c2C)c1. The Kier molecular flexibility index (Phi) is 4.73. The Bertz CT molecular complexity index is 1130. The summed E-state index contributed by atoms with van der Waals surface area (Å²) < 4.78 is 2.41. The Balaban J connectivity index is 1.64. The smallest absolute Gasteiger partial charge is 0.160 e. The van der Waals surface area contributed by atoms with Crippen molar-refractivity contribution in [1.82, 2.24) is 14.5 Å². The van der Waals surface area contributed by atoms with E-state index in [-0.39, 0.29) is 12.1 Å². The first-order valence-corrected chi connectivity index (χ1v) is 11.5. The first kappa shape index (κ1) is 19.4. The van der Waals surface area contributed by atoms with Crippen molar-refractivity contribution < 1.29 is 0 Å². The van der Waals surface area contributed by atoms with Gasteiger partial charge in [-0.25, -0.2) is 0 Å². The van der Waals surface area contributed by atoms with E-state index in [1.54, 1.807) is 0 Å². The van der Waals surface area contributed by atoms with E-state index in [9.17, 15) is 0 Å². The summed E-state index contributed by atoms with van der Waals surface area (Å²) in [6.45, 7) is 12.1. The van der Waals surface area contributed by atoms with Crippen molar-refractivity contribution in [3.8, 4) is 5.69 Å². The van der Waals surface area contributed by atoms with Crippen molar-refractivity contribution in [2.45, 2.75) is 52.0 Å². The molecule has 5 rings (SSSR count). The summed E-state index contributed by atoms with van der Waals surface area (Å²) in [5.74, 6) is 0. The van der Waals surface area contributed by atoms with Crippen molar-refractivity contribution in [2.24, 2.45) is 4.99 Å². The Morgan fingerprint density at radius 3 is 2.63 bits per heavy atom. The van der Waals surface area contributed by atoms with Gasteiger partial charge in [0.15, 0.2) is 5.17 Å². The van der Waals surface area contributed by atoms with E-state index in [0.717, 1.165) is 12.2 Å². The van der Waals surface area contributed by atoms with Gasteiger partial charge in [0.1, 0.15) is 6.04 Å². The Labute approximate surface area is 183 Å². The maximum atomic E-state index is 5.15. The largest absolute Gasteiger partial charge is 0.341 e. The molecule has 3 atom stereocenters. The fourth-order valence-corrected chi connectivity index (χ4v) is 5.96. The molecule has 3 aromatic rings. The number of benzene rings is 1. The van der Waals surface area contributed by atoms with Crippen LogP contribution in [0.25, 0.3) is 5.69 Å². The summed E-state index contributed by atoms with van der Waals surface area (Å²) in [7, 11) is 0. The highest BCUT2D eigenvalue weighted by atomic mass is 32.2. The minimum absolute atomic E-state index is 0.0359. The molecule has 0 aliphatic carbocycles. The van der Waals surface area contributed by atoms with Crippen LogP contribution in [0.4, 0.5) is 0 Å². The molecule has 0 bridgehead atoms. The molecular formula is C25H28N4S. The van der Waals surface area contributed by atoms with Crippen LogP contribution in [0.3, 0.4) is 0 Å². The molecule has 0 saturated carbocycles. The van der Waals surface area contributed by atoms with E-state index < -0.39 is 0 Å². The molecule has 0 radical (unpaired) electrons. The number of nitrogens with zero attached hydrogens (tertiary/aromatic N) is 4. The highest BCUT2D eigenvalue weighted by Crippen LogP contribution is 2.49. The molecule has 0 amide bonds. The Morgan fingerprint density at radius 2 is 1.87 bits per heavy atom. The summed E-state index contributed by atoms with van der Waals surface area (Å²) in [4.78, 5) is 12.3. The number of pyridine rings is 1. The molecule has 2 aliphatic heterocycles. The zero-order chi connectivity index (χ0) is 21.0. The van der Waals surface area contributed by atoms with Crippen molar-refractivity contribution >= 4 is 16.9 Å². The minimum Gasteiger partial charge on any atom is -0.341 e. The predicted octanol–water partition coefficient (Wildman–Crippen LogP) is 5.70. The van der Waals surface area contributed by atoms with Gasteiger partial charge in [-0.3, -0.25) is 9.98 Å². The molecule has 30 heavy (non-hydrogen) atoms. The molecule has 1 fully saturated rings. The first-order chi connectivity index (χ1) is 14.4. The molecule has 4 heterocycles. The number of amidine groups is 1. The second-order valence-electron chi connectivity index (χ2n) is 8.59. The predicted molar refractivity (Wildman–Crippen MR) is 126 cm³/mol. The van der Waals surface area contributed by atoms with Gasteiger partial charge in [-0.2, -0.15) is 0 Å². The van der Waals surface area contributed by atoms with Crippen molar-refractivity contribution in [2.75, 3.05) is 6.54 Å². The average molecular weight is 417 g/mol. The molecule has 1 aromatic carbocycles. The number of aryl methyl sites for hydroxylation is 3. The number of hydrogen-bond acceptors (Lipinski definition) is 4. The second kappa shape index (κ2) is 7.31. The van der Waals surface area contributed by atoms with Gasteiger partial charge in [0.05, 0.1) is 11.7 Å². The van der Waals surface area contributed by atoms with Gasteiger partial charge in [0, 0.05) is 35.1 Å². The molecule has 5 heteroatoms. The standard InChI is InChI=1S/C25H28N4S/c1-15-9-10-16(2)22(12-15)29-17(3)13-20(19(29)5)24-23(21-8-6-7-11-26-21)27-25-28(24)14-18(4)30-25/h6-13,18,23-24H,14H2,1-5H3. The van der Waals surface area contributed by atoms with Gasteiger partial charge >= 0.3 is 0 Å². The summed E-state index contributed by atoms with van der Waals surface area (Å²) in [6, 6.07) is 15.4. The lowest BCUT2D eigenvalue weighted by Crippen LogP contribution is -2.28. The molecule has 3 unspecified atom stereocenters. The maximum Gasteiger partial charge on any atom is 0.160 e. The van der Waals surface area contributed by atoms with Crippen LogP contribution in [-0.2, 0) is 0 Å². The quantitative estimate of drug-likeness (QED) is 0.549. The summed E-state index contributed by atoms with van der Waals surface area (Å²) in [5, 5.41) is 1.73. The van der Waals surface area contributed by atoms with E-state index in [2.05, 4.69) is 85.5 Å². The van der Waals surface area contributed by atoms with E-state index in [1.165, 1.54) is 38.9 Å². The number of rotatable bonds is 3. The lowest BCUT2D eigenvalue weighted by atomic mass is 9.96. The third kappa shape index (κ3) is 3.07. The first-order valence-electron chi connectivity index (χ1n) is 10.6. The normalized spacial score (nSPS) is 23.0. The Hall–Kier alpha value is -2.53. The molecule has 4 nitrogen and oxygen atoms in total. The summed E-state index contributed by atoms with van der Waals surface area (Å²) in [5.41, 5.74) is 8.83. The van der Waals surface area contributed by atoms with Crippen molar-refractivity contribution in [3.63, 3.8) is 0 Å². The number of fused-ring (bicyclic) bond motifs is 1. The topological polar surface area (TPSA) is 33.4 Å². The molecule has 2 aliphatic rings. The van der Waals surface area contributed by atoms with Gasteiger partial charge in [0.25, 0.3) is 0 Å². The minimum atomic E-state index is 0.0359. The van der Waals surface area contributed by atoms with Crippen LogP contribution in [0.1, 0.15) is 52.8 Å². The monoisotopic (exact) mass is 416 g/mol. The average Bonchev–Trinajstić information content (AvgIpc) is 3.34. The zero-order valence-corrected chi connectivity index (χ0v) is 19.1. The maximum absolute atomic E-state index is 5.15. The summed E-state index contributed by atoms with van der Waals surface area (Å²) in [6.07, 6.45) is 1.88. The van der Waals surface area contributed by atoms with Crippen molar-refractivity contribution in [3.05, 3.63) is 82.4 Å². The van der Waals surface area contributed by atoms with Gasteiger partial charge in [-0.1, -0.05) is 36.9 Å². The fraction of sp³-hybridized carbons (Fsp3) is 0.360. The number of hydrogen-bond donors (Lipinski definition) is 0. The second-order valence-corrected chi connectivity index (χ2v) is 9.99. The van der Waals surface area contributed by atoms with E-state index in [4.69, 9.17) is 4.99 Å². The van der Waals surface area contributed by atoms with Gasteiger partial charge in [0.2, 0.25) is 0 Å². The lowest BCUT2D eigenvalue weighted by Gasteiger charge is -2.27. The van der Waals surface area contributed by atoms with Gasteiger partial charge in [-0.15, -0.1) is 0 Å².